The fourth-order valence-corrected chi connectivity index (χ4v) is 1.95. The van der Waals surface area contributed by atoms with Crippen LogP contribution >= 0.6 is 0 Å². The maximum Gasteiger partial charge on any atom is 0.0651 e. The largest absolute Gasteiger partial charge is 0.377 e. The first-order valence-corrected chi connectivity index (χ1v) is 6.03. The van der Waals surface area contributed by atoms with Gasteiger partial charge < -0.3 is 5.32 Å². The molecule has 0 radical (unpaired) electrons. The van der Waals surface area contributed by atoms with Crippen molar-refractivity contribution in [2.24, 2.45) is 0 Å². The zero-order valence-electron chi connectivity index (χ0n) is 10.6. The molecule has 90 valence electrons. The number of para-hydroxylation sites is 1. The molecule has 3 nitrogen and oxygen atoms in total. The van der Waals surface area contributed by atoms with Crippen LogP contribution in [0.15, 0.2) is 36.5 Å². The smallest absolute Gasteiger partial charge is 0.0651 e. The highest BCUT2D eigenvalue weighted by Crippen LogP contribution is 2.26. The fourth-order valence-electron chi connectivity index (χ4n) is 1.95. The van der Waals surface area contributed by atoms with E-state index in [9.17, 15) is 0 Å². The number of benzene rings is 1. The monoisotopic (exact) mass is 229 g/mol. The Morgan fingerprint density at radius 1 is 1.12 bits per heavy atom. The van der Waals surface area contributed by atoms with Gasteiger partial charge in [0.25, 0.3) is 0 Å². The van der Waals surface area contributed by atoms with Crippen molar-refractivity contribution < 1.29 is 0 Å². The summed E-state index contributed by atoms with van der Waals surface area (Å²) in [4.78, 5) is 0. The van der Waals surface area contributed by atoms with Gasteiger partial charge in [0.05, 0.1) is 11.7 Å². The zero-order valence-corrected chi connectivity index (χ0v) is 10.6. The van der Waals surface area contributed by atoms with E-state index in [1.807, 2.05) is 6.07 Å². The molecule has 2 aromatic rings. The summed E-state index contributed by atoms with van der Waals surface area (Å²) in [6.45, 7) is 6.55. The Kier molecular flexibility index (Phi) is 3.47. The van der Waals surface area contributed by atoms with Gasteiger partial charge in [-0.3, -0.25) is 5.10 Å². The highest BCUT2D eigenvalue weighted by Gasteiger charge is 2.10. The number of aromatic amines is 1. The van der Waals surface area contributed by atoms with Gasteiger partial charge >= 0.3 is 0 Å². The van der Waals surface area contributed by atoms with Gasteiger partial charge in [-0.2, -0.15) is 5.10 Å². The fraction of sp³-hybridized carbons (Fsp3) is 0.357. The van der Waals surface area contributed by atoms with E-state index in [2.05, 4.69) is 60.6 Å². The number of H-pyrrole nitrogens is 1. The summed E-state index contributed by atoms with van der Waals surface area (Å²) in [5, 5.41) is 10.5. The highest BCUT2D eigenvalue weighted by molar-refractivity contribution is 5.53. The minimum Gasteiger partial charge on any atom is -0.377 e. The molecular weight excluding hydrogens is 210 g/mol. The number of hydrogen-bond donors (Lipinski definition) is 2. The van der Waals surface area contributed by atoms with Gasteiger partial charge in [-0.15, -0.1) is 0 Å². The van der Waals surface area contributed by atoms with Crippen LogP contribution in [0, 0.1) is 0 Å². The molecule has 17 heavy (non-hydrogen) atoms. The maximum absolute atomic E-state index is 3.98. The standard InChI is InChI=1S/C14H19N3/c1-10(2)12-6-4-5-7-14(12)16-11(3)13-8-9-15-17-13/h4-11,16H,1-3H3,(H,15,17). The third-order valence-corrected chi connectivity index (χ3v) is 2.94. The van der Waals surface area contributed by atoms with Crippen molar-refractivity contribution in [2.75, 3.05) is 5.32 Å². The molecule has 1 atom stereocenters. The lowest BCUT2D eigenvalue weighted by Gasteiger charge is -2.18. The second kappa shape index (κ2) is 5.04. The lowest BCUT2D eigenvalue weighted by atomic mass is 10.0. The molecule has 0 aliphatic carbocycles. The summed E-state index contributed by atoms with van der Waals surface area (Å²) in [5.41, 5.74) is 3.65. The summed E-state index contributed by atoms with van der Waals surface area (Å²) in [6, 6.07) is 10.7. The van der Waals surface area contributed by atoms with E-state index in [-0.39, 0.29) is 6.04 Å². The van der Waals surface area contributed by atoms with Crippen LogP contribution in [0.5, 0.6) is 0 Å². The molecule has 1 unspecified atom stereocenters. The summed E-state index contributed by atoms with van der Waals surface area (Å²) in [6.07, 6.45) is 1.78. The highest BCUT2D eigenvalue weighted by atomic mass is 15.1. The molecule has 2 rings (SSSR count). The van der Waals surface area contributed by atoms with E-state index in [0.29, 0.717) is 5.92 Å². The number of anilines is 1. The third-order valence-electron chi connectivity index (χ3n) is 2.94. The van der Waals surface area contributed by atoms with Crippen LogP contribution in [0.3, 0.4) is 0 Å². The Morgan fingerprint density at radius 2 is 1.88 bits per heavy atom. The van der Waals surface area contributed by atoms with E-state index in [0.717, 1.165) is 5.69 Å². The average molecular weight is 229 g/mol. The first-order chi connectivity index (χ1) is 8.18. The van der Waals surface area contributed by atoms with E-state index in [1.165, 1.54) is 11.3 Å². The van der Waals surface area contributed by atoms with Crippen LogP contribution in [-0.4, -0.2) is 10.2 Å². The van der Waals surface area contributed by atoms with Crippen molar-refractivity contribution in [2.45, 2.75) is 32.7 Å². The molecule has 1 heterocycles. The zero-order chi connectivity index (χ0) is 12.3. The molecule has 0 spiro atoms. The number of nitrogens with one attached hydrogen (secondary N) is 2. The van der Waals surface area contributed by atoms with Gasteiger partial charge in [-0.05, 0) is 30.5 Å². The van der Waals surface area contributed by atoms with Crippen LogP contribution in [-0.2, 0) is 0 Å². The van der Waals surface area contributed by atoms with Gasteiger partial charge in [-0.1, -0.05) is 32.0 Å². The molecule has 1 aromatic heterocycles. The van der Waals surface area contributed by atoms with Crippen LogP contribution < -0.4 is 5.32 Å². The Labute approximate surface area is 102 Å². The predicted octanol–water partition coefficient (Wildman–Crippen LogP) is 3.71. The van der Waals surface area contributed by atoms with Gasteiger partial charge in [0.1, 0.15) is 0 Å². The normalized spacial score (nSPS) is 12.7. The molecular formula is C14H19N3. The first kappa shape index (κ1) is 11.7. The molecule has 0 fully saturated rings. The minimum atomic E-state index is 0.234. The maximum atomic E-state index is 3.98. The average Bonchev–Trinajstić information content (AvgIpc) is 2.83. The van der Waals surface area contributed by atoms with Crippen molar-refractivity contribution in [3.05, 3.63) is 47.8 Å². The van der Waals surface area contributed by atoms with Crippen LogP contribution in [0.2, 0.25) is 0 Å². The lowest BCUT2D eigenvalue weighted by Crippen LogP contribution is -2.09. The summed E-state index contributed by atoms with van der Waals surface area (Å²) in [5.74, 6) is 0.521. The first-order valence-electron chi connectivity index (χ1n) is 6.03. The van der Waals surface area contributed by atoms with Crippen LogP contribution in [0.25, 0.3) is 0 Å². The van der Waals surface area contributed by atoms with E-state index in [4.69, 9.17) is 0 Å². The molecule has 0 aliphatic heterocycles. The predicted molar refractivity (Wildman–Crippen MR) is 71.2 cm³/mol. The minimum absolute atomic E-state index is 0.234. The Bertz CT molecular complexity index is 460. The Morgan fingerprint density at radius 3 is 2.53 bits per heavy atom. The second-order valence-corrected chi connectivity index (χ2v) is 4.62. The van der Waals surface area contributed by atoms with Crippen molar-refractivity contribution in [3.63, 3.8) is 0 Å². The van der Waals surface area contributed by atoms with Crippen molar-refractivity contribution in [3.8, 4) is 0 Å². The van der Waals surface area contributed by atoms with Crippen molar-refractivity contribution in [1.82, 2.24) is 10.2 Å². The molecule has 0 saturated carbocycles. The van der Waals surface area contributed by atoms with Crippen LogP contribution in [0.4, 0.5) is 5.69 Å². The second-order valence-electron chi connectivity index (χ2n) is 4.62. The molecule has 0 bridgehead atoms. The summed E-state index contributed by atoms with van der Waals surface area (Å²) >= 11 is 0. The van der Waals surface area contributed by atoms with E-state index >= 15 is 0 Å². The number of nitrogens with zero attached hydrogens (tertiary/aromatic N) is 1. The molecule has 2 N–H and O–H groups in total. The topological polar surface area (TPSA) is 40.7 Å². The SMILES string of the molecule is CC(C)c1ccccc1NC(C)c1ccn[nH]1. The number of rotatable bonds is 4. The van der Waals surface area contributed by atoms with Gasteiger partial charge in [0.2, 0.25) is 0 Å². The summed E-state index contributed by atoms with van der Waals surface area (Å²) in [7, 11) is 0. The van der Waals surface area contributed by atoms with Crippen LogP contribution in [0.1, 0.15) is 44.0 Å². The molecule has 3 heteroatoms. The van der Waals surface area contributed by atoms with Gasteiger partial charge in [-0.25, -0.2) is 0 Å². The van der Waals surface area contributed by atoms with Crippen molar-refractivity contribution in [1.29, 1.82) is 0 Å². The van der Waals surface area contributed by atoms with Gasteiger partial charge in [0.15, 0.2) is 0 Å². The molecule has 1 aromatic carbocycles. The molecule has 0 aliphatic rings. The Balaban J connectivity index is 2.18. The lowest BCUT2D eigenvalue weighted by molar-refractivity contribution is 0.810. The molecule has 0 amide bonds. The van der Waals surface area contributed by atoms with Crippen molar-refractivity contribution >= 4 is 5.69 Å². The Hall–Kier alpha value is -1.77. The van der Waals surface area contributed by atoms with E-state index in [1.54, 1.807) is 6.20 Å². The van der Waals surface area contributed by atoms with Gasteiger partial charge in [0, 0.05) is 11.9 Å². The van der Waals surface area contributed by atoms with E-state index < -0.39 is 0 Å². The third kappa shape index (κ3) is 2.67. The summed E-state index contributed by atoms with van der Waals surface area (Å²) < 4.78 is 0. The quantitative estimate of drug-likeness (QED) is 0.839. The number of aromatic nitrogens is 2. The number of hydrogen-bond acceptors (Lipinski definition) is 2. The molecule has 0 saturated heterocycles.